The summed E-state index contributed by atoms with van der Waals surface area (Å²) in [6.07, 6.45) is 52.3. The van der Waals surface area contributed by atoms with Crippen LogP contribution >= 0.6 is 0 Å². The van der Waals surface area contributed by atoms with Gasteiger partial charge >= 0.3 is 0 Å². The maximum atomic E-state index is 12.5. The van der Waals surface area contributed by atoms with Gasteiger partial charge in [0, 0.05) is 6.42 Å². The second-order valence-corrected chi connectivity index (χ2v) is 17.4. The van der Waals surface area contributed by atoms with E-state index in [1.807, 2.05) is 0 Å². The van der Waals surface area contributed by atoms with Gasteiger partial charge in [-0.05, 0) is 12.8 Å². The number of nitrogens with one attached hydrogen (secondary N) is 1. The minimum absolute atomic E-state index is 0.137. The van der Waals surface area contributed by atoms with Crippen LogP contribution in [0.3, 0.4) is 0 Å². The summed E-state index contributed by atoms with van der Waals surface area (Å²) in [4.78, 5) is 12.5. The largest absolute Gasteiger partial charge is 0.394 e. The third-order valence-corrected chi connectivity index (χ3v) is 12.0. The molecule has 54 heavy (non-hydrogen) atoms. The average Bonchev–Trinajstić information content (AvgIpc) is 3.18. The van der Waals surface area contributed by atoms with Crippen LogP contribution in [0.1, 0.15) is 284 Å². The number of unbranched alkanes of at least 4 members (excludes halogenated alkanes) is 38. The summed E-state index contributed by atoms with van der Waals surface area (Å²) in [5.41, 5.74) is 0. The Morgan fingerprint density at radius 1 is 0.389 bits per heavy atom. The zero-order valence-corrected chi connectivity index (χ0v) is 36.9. The molecular weight excluding hydrogens is 667 g/mol. The summed E-state index contributed by atoms with van der Waals surface area (Å²) in [7, 11) is 0. The summed E-state index contributed by atoms with van der Waals surface area (Å²) >= 11 is 0. The lowest BCUT2D eigenvalue weighted by molar-refractivity contribution is -0.124. The molecule has 0 aromatic rings. The van der Waals surface area contributed by atoms with Crippen LogP contribution in [0, 0.1) is 0 Å². The number of aliphatic hydroxyl groups is 3. The van der Waals surface area contributed by atoms with Crippen molar-refractivity contribution >= 4 is 5.91 Å². The first kappa shape index (κ1) is 53.4. The molecule has 0 rings (SSSR count). The number of carbonyl (C=O) groups is 1. The van der Waals surface area contributed by atoms with E-state index in [0.29, 0.717) is 12.8 Å². The van der Waals surface area contributed by atoms with Crippen LogP contribution in [-0.2, 0) is 4.79 Å². The van der Waals surface area contributed by atoms with E-state index in [0.717, 1.165) is 32.1 Å². The molecule has 0 unspecified atom stereocenters. The first-order chi connectivity index (χ1) is 26.6. The predicted octanol–water partition coefficient (Wildman–Crippen LogP) is 14.6. The van der Waals surface area contributed by atoms with Gasteiger partial charge in [0.15, 0.2) is 0 Å². The maximum Gasteiger partial charge on any atom is 0.220 e. The summed E-state index contributed by atoms with van der Waals surface area (Å²) < 4.78 is 0. The Balaban J connectivity index is 3.52. The third-order valence-electron chi connectivity index (χ3n) is 12.0. The molecule has 3 atom stereocenters. The normalized spacial score (nSPS) is 13.4. The van der Waals surface area contributed by atoms with Crippen molar-refractivity contribution in [2.45, 2.75) is 302 Å². The Morgan fingerprint density at radius 3 is 0.889 bits per heavy atom. The minimum Gasteiger partial charge on any atom is -0.394 e. The number of aliphatic hydroxyl groups excluding tert-OH is 3. The van der Waals surface area contributed by atoms with E-state index >= 15 is 0 Å². The molecule has 4 N–H and O–H groups in total. The molecule has 0 aliphatic carbocycles. The second kappa shape index (κ2) is 45.1. The van der Waals surface area contributed by atoms with E-state index in [1.54, 1.807) is 0 Å². The van der Waals surface area contributed by atoms with E-state index < -0.39 is 18.2 Å². The Hall–Kier alpha value is -0.650. The molecule has 0 spiro atoms. The summed E-state index contributed by atoms with van der Waals surface area (Å²) in [5, 5.41) is 33.6. The molecule has 1 amide bonds. The van der Waals surface area contributed by atoms with E-state index in [9.17, 15) is 20.1 Å². The van der Waals surface area contributed by atoms with Crippen molar-refractivity contribution in [1.82, 2.24) is 5.32 Å². The monoisotopic (exact) mass is 766 g/mol. The fourth-order valence-corrected chi connectivity index (χ4v) is 8.11. The molecule has 0 aromatic carbocycles. The zero-order chi connectivity index (χ0) is 39.4. The lowest BCUT2D eigenvalue weighted by Crippen LogP contribution is -2.50. The van der Waals surface area contributed by atoms with Gasteiger partial charge in [-0.15, -0.1) is 0 Å². The molecule has 0 aliphatic heterocycles. The molecule has 0 saturated carbocycles. The smallest absolute Gasteiger partial charge is 0.220 e. The summed E-state index contributed by atoms with van der Waals surface area (Å²) in [6.45, 7) is 4.21. The summed E-state index contributed by atoms with van der Waals surface area (Å²) in [5.74, 6) is -0.137. The standard InChI is InChI=1S/C49H99NO4/c1-3-5-7-9-11-13-15-17-19-21-22-23-24-25-26-27-28-30-32-34-36-38-40-42-44-48(53)50-46(45-51)49(54)47(52)43-41-39-37-35-33-31-29-20-18-16-14-12-10-8-6-4-2/h46-47,49,51-52,54H,3-45H2,1-2H3,(H,50,53)/t46-,47+,49-/m0/s1. The minimum atomic E-state index is -1.13. The van der Waals surface area contributed by atoms with Crippen molar-refractivity contribution in [2.24, 2.45) is 0 Å². The van der Waals surface area contributed by atoms with Crippen molar-refractivity contribution in [1.29, 1.82) is 0 Å². The quantitative estimate of drug-likeness (QED) is 0.0465. The van der Waals surface area contributed by atoms with Gasteiger partial charge in [0.05, 0.1) is 18.8 Å². The van der Waals surface area contributed by atoms with Crippen molar-refractivity contribution < 1.29 is 20.1 Å². The Kier molecular flexibility index (Phi) is 44.5. The molecular formula is C49H99NO4. The zero-order valence-electron chi connectivity index (χ0n) is 36.9. The lowest BCUT2D eigenvalue weighted by atomic mass is 9.99. The van der Waals surface area contributed by atoms with Crippen LogP contribution < -0.4 is 5.32 Å². The molecule has 0 heterocycles. The van der Waals surface area contributed by atoms with Gasteiger partial charge in [0.2, 0.25) is 5.91 Å². The SMILES string of the molecule is CCCCCCCCCCCCCCCCCCCCCCCCCCC(=O)N[C@@H](CO)[C@H](O)[C@H](O)CCCCCCCCCCCCCCCCCC. The number of hydrogen-bond donors (Lipinski definition) is 4. The highest BCUT2D eigenvalue weighted by Crippen LogP contribution is 2.18. The number of rotatable bonds is 46. The van der Waals surface area contributed by atoms with Gasteiger partial charge in [0.1, 0.15) is 6.10 Å². The van der Waals surface area contributed by atoms with E-state index in [-0.39, 0.29) is 12.5 Å². The predicted molar refractivity (Wildman–Crippen MR) is 236 cm³/mol. The molecule has 5 nitrogen and oxygen atoms in total. The Bertz CT molecular complexity index is 718. The molecule has 0 radical (unpaired) electrons. The maximum absolute atomic E-state index is 12.5. The molecule has 0 aromatic heterocycles. The highest BCUT2D eigenvalue weighted by molar-refractivity contribution is 5.76. The molecule has 0 aliphatic rings. The molecule has 324 valence electrons. The van der Waals surface area contributed by atoms with E-state index in [1.165, 1.54) is 225 Å². The highest BCUT2D eigenvalue weighted by atomic mass is 16.3. The molecule has 0 bridgehead atoms. The van der Waals surface area contributed by atoms with Crippen molar-refractivity contribution in [3.05, 3.63) is 0 Å². The van der Waals surface area contributed by atoms with Crippen molar-refractivity contribution in [3.63, 3.8) is 0 Å². The van der Waals surface area contributed by atoms with Crippen molar-refractivity contribution in [2.75, 3.05) is 6.61 Å². The van der Waals surface area contributed by atoms with Crippen LogP contribution in [0.2, 0.25) is 0 Å². The Morgan fingerprint density at radius 2 is 0.630 bits per heavy atom. The topological polar surface area (TPSA) is 89.8 Å². The molecule has 0 saturated heterocycles. The third kappa shape index (κ3) is 39.6. The first-order valence-corrected chi connectivity index (χ1v) is 24.8. The van der Waals surface area contributed by atoms with Crippen LogP contribution in [-0.4, -0.2) is 46.1 Å². The number of amides is 1. The second-order valence-electron chi connectivity index (χ2n) is 17.4. The van der Waals surface area contributed by atoms with Crippen molar-refractivity contribution in [3.8, 4) is 0 Å². The van der Waals surface area contributed by atoms with Crippen LogP contribution in [0.5, 0.6) is 0 Å². The number of carbonyl (C=O) groups excluding carboxylic acids is 1. The van der Waals surface area contributed by atoms with Crippen LogP contribution in [0.15, 0.2) is 0 Å². The van der Waals surface area contributed by atoms with Gasteiger partial charge in [-0.25, -0.2) is 0 Å². The summed E-state index contributed by atoms with van der Waals surface area (Å²) in [6, 6.07) is -0.803. The van der Waals surface area contributed by atoms with Crippen LogP contribution in [0.25, 0.3) is 0 Å². The lowest BCUT2D eigenvalue weighted by Gasteiger charge is -2.26. The van der Waals surface area contributed by atoms with Gasteiger partial charge in [-0.3, -0.25) is 4.79 Å². The Labute approximate surface area is 338 Å². The van der Waals surface area contributed by atoms with Gasteiger partial charge in [-0.1, -0.05) is 264 Å². The van der Waals surface area contributed by atoms with E-state index in [2.05, 4.69) is 19.2 Å². The van der Waals surface area contributed by atoms with Crippen LogP contribution in [0.4, 0.5) is 0 Å². The molecule has 0 fully saturated rings. The van der Waals surface area contributed by atoms with E-state index in [4.69, 9.17) is 0 Å². The highest BCUT2D eigenvalue weighted by Gasteiger charge is 2.26. The van der Waals surface area contributed by atoms with Gasteiger partial charge < -0.3 is 20.6 Å². The first-order valence-electron chi connectivity index (χ1n) is 24.8. The average molecular weight is 766 g/mol. The number of hydrogen-bond acceptors (Lipinski definition) is 4. The fraction of sp³-hybridized carbons (Fsp3) is 0.980. The fourth-order valence-electron chi connectivity index (χ4n) is 8.11. The van der Waals surface area contributed by atoms with Gasteiger partial charge in [-0.2, -0.15) is 0 Å². The van der Waals surface area contributed by atoms with Gasteiger partial charge in [0.25, 0.3) is 0 Å². The molecule has 5 heteroatoms.